The molecule has 1 aromatic heterocycles. The van der Waals surface area contributed by atoms with Crippen LogP contribution in [0.25, 0.3) is 0 Å². The summed E-state index contributed by atoms with van der Waals surface area (Å²) in [6.45, 7) is 4.16. The maximum atomic E-state index is 12.1. The minimum Gasteiger partial charge on any atom is -0.436 e. The van der Waals surface area contributed by atoms with E-state index in [1.807, 2.05) is 31.3 Å². The molecule has 0 radical (unpaired) electrons. The Labute approximate surface area is 112 Å². The Morgan fingerprint density at radius 3 is 2.68 bits per heavy atom. The molecule has 100 valence electrons. The van der Waals surface area contributed by atoms with Crippen LogP contribution >= 0.6 is 0 Å². The smallest absolute Gasteiger partial charge is 0.293 e. The van der Waals surface area contributed by atoms with Crippen molar-refractivity contribution < 1.29 is 9.21 Å². The number of benzene rings is 1. The molecule has 2 N–H and O–H groups in total. The number of aromatic nitrogens is 1. The first-order chi connectivity index (χ1) is 9.11. The van der Waals surface area contributed by atoms with E-state index in [0.29, 0.717) is 18.1 Å². The van der Waals surface area contributed by atoms with E-state index >= 15 is 0 Å². The number of rotatable bonds is 4. The fourth-order valence-corrected chi connectivity index (χ4v) is 1.91. The van der Waals surface area contributed by atoms with Crippen LogP contribution in [-0.2, 0) is 6.54 Å². The molecule has 0 atom stereocenters. The van der Waals surface area contributed by atoms with Gasteiger partial charge in [0.25, 0.3) is 5.91 Å². The zero-order valence-corrected chi connectivity index (χ0v) is 11.3. The fourth-order valence-electron chi connectivity index (χ4n) is 1.91. The number of anilines is 1. The third-order valence-corrected chi connectivity index (χ3v) is 2.74. The maximum absolute atomic E-state index is 12.1. The lowest BCUT2D eigenvalue weighted by Crippen LogP contribution is -2.15. The summed E-state index contributed by atoms with van der Waals surface area (Å²) >= 11 is 0. The van der Waals surface area contributed by atoms with Gasteiger partial charge in [0.1, 0.15) is 0 Å². The lowest BCUT2D eigenvalue weighted by Gasteiger charge is -2.09. The van der Waals surface area contributed by atoms with Gasteiger partial charge >= 0.3 is 0 Å². The highest BCUT2D eigenvalue weighted by molar-refractivity contribution is 6.03. The Balaban J connectivity index is 2.21. The molecule has 0 saturated heterocycles. The first kappa shape index (κ1) is 13.3. The van der Waals surface area contributed by atoms with Gasteiger partial charge in [0.2, 0.25) is 5.76 Å². The summed E-state index contributed by atoms with van der Waals surface area (Å²) in [5.74, 6) is 0.476. The van der Waals surface area contributed by atoms with Gasteiger partial charge in [-0.3, -0.25) is 4.79 Å². The molecule has 0 aliphatic carbocycles. The summed E-state index contributed by atoms with van der Waals surface area (Å²) in [5.41, 5.74) is 2.39. The molecule has 1 heterocycles. The molecule has 1 aromatic carbocycles. The standard InChI is InChI=1S/C14H17N3O2/c1-9-13(19-10(2)16-9)14(18)17-12-7-5-4-6-11(12)8-15-3/h4-7,15H,8H2,1-3H3,(H,17,18). The highest BCUT2D eigenvalue weighted by atomic mass is 16.4. The number of oxazole rings is 1. The maximum Gasteiger partial charge on any atom is 0.293 e. The van der Waals surface area contributed by atoms with E-state index in [1.54, 1.807) is 13.8 Å². The van der Waals surface area contributed by atoms with Crippen molar-refractivity contribution in [2.45, 2.75) is 20.4 Å². The van der Waals surface area contributed by atoms with Gasteiger partial charge in [-0.2, -0.15) is 0 Å². The number of hydrogen-bond donors (Lipinski definition) is 2. The van der Waals surface area contributed by atoms with Gasteiger partial charge in [-0.05, 0) is 25.6 Å². The Bertz CT molecular complexity index is 590. The molecular weight excluding hydrogens is 242 g/mol. The number of carbonyl (C=O) groups is 1. The predicted molar refractivity (Wildman–Crippen MR) is 73.1 cm³/mol. The van der Waals surface area contributed by atoms with Crippen LogP contribution in [0, 0.1) is 13.8 Å². The molecule has 0 aliphatic heterocycles. The molecule has 0 fully saturated rings. The van der Waals surface area contributed by atoms with E-state index in [2.05, 4.69) is 15.6 Å². The van der Waals surface area contributed by atoms with Gasteiger partial charge in [0, 0.05) is 19.2 Å². The average Bonchev–Trinajstić information content (AvgIpc) is 2.71. The number of amides is 1. The zero-order valence-electron chi connectivity index (χ0n) is 11.3. The van der Waals surface area contributed by atoms with E-state index in [-0.39, 0.29) is 11.7 Å². The largest absolute Gasteiger partial charge is 0.436 e. The lowest BCUT2D eigenvalue weighted by atomic mass is 10.1. The Hall–Kier alpha value is -2.14. The molecule has 5 heteroatoms. The summed E-state index contributed by atoms with van der Waals surface area (Å²) in [4.78, 5) is 16.2. The van der Waals surface area contributed by atoms with E-state index < -0.39 is 0 Å². The van der Waals surface area contributed by atoms with Gasteiger partial charge in [0.15, 0.2) is 5.89 Å². The molecule has 0 unspecified atom stereocenters. The van der Waals surface area contributed by atoms with Crippen molar-refractivity contribution in [2.75, 3.05) is 12.4 Å². The number of hydrogen-bond acceptors (Lipinski definition) is 4. The summed E-state index contributed by atoms with van der Waals surface area (Å²) in [6, 6.07) is 7.65. The number of para-hydroxylation sites is 1. The second-order valence-corrected chi connectivity index (χ2v) is 4.29. The topological polar surface area (TPSA) is 67.2 Å². The van der Waals surface area contributed by atoms with Crippen LogP contribution in [0.15, 0.2) is 28.7 Å². The number of carbonyl (C=O) groups excluding carboxylic acids is 1. The first-order valence-corrected chi connectivity index (χ1v) is 6.09. The van der Waals surface area contributed by atoms with E-state index in [4.69, 9.17) is 4.42 Å². The quantitative estimate of drug-likeness (QED) is 0.883. The van der Waals surface area contributed by atoms with Crippen molar-refractivity contribution in [3.63, 3.8) is 0 Å². The van der Waals surface area contributed by atoms with Gasteiger partial charge in [0.05, 0.1) is 5.69 Å². The number of nitrogens with one attached hydrogen (secondary N) is 2. The average molecular weight is 259 g/mol. The van der Waals surface area contributed by atoms with Crippen molar-refractivity contribution >= 4 is 11.6 Å². The Morgan fingerprint density at radius 2 is 2.05 bits per heavy atom. The molecule has 19 heavy (non-hydrogen) atoms. The number of aryl methyl sites for hydroxylation is 2. The van der Waals surface area contributed by atoms with E-state index in [9.17, 15) is 4.79 Å². The molecule has 1 amide bonds. The molecule has 0 spiro atoms. The molecule has 2 rings (SSSR count). The summed E-state index contributed by atoms with van der Waals surface area (Å²) in [5, 5.41) is 5.92. The third-order valence-electron chi connectivity index (χ3n) is 2.74. The van der Waals surface area contributed by atoms with Crippen molar-refractivity contribution in [2.24, 2.45) is 0 Å². The van der Waals surface area contributed by atoms with Crippen molar-refractivity contribution in [1.29, 1.82) is 0 Å². The SMILES string of the molecule is CNCc1ccccc1NC(=O)c1oc(C)nc1C. The first-order valence-electron chi connectivity index (χ1n) is 6.09. The van der Waals surface area contributed by atoms with E-state index in [0.717, 1.165) is 11.3 Å². The molecule has 0 saturated carbocycles. The second kappa shape index (κ2) is 5.67. The molecular formula is C14H17N3O2. The van der Waals surface area contributed by atoms with Crippen LogP contribution < -0.4 is 10.6 Å². The lowest BCUT2D eigenvalue weighted by molar-refractivity contribution is 0.0994. The van der Waals surface area contributed by atoms with Gasteiger partial charge < -0.3 is 15.1 Å². The fraction of sp³-hybridized carbons (Fsp3) is 0.286. The van der Waals surface area contributed by atoms with Crippen molar-refractivity contribution in [3.8, 4) is 0 Å². The Morgan fingerprint density at radius 1 is 1.32 bits per heavy atom. The highest BCUT2D eigenvalue weighted by Gasteiger charge is 2.16. The van der Waals surface area contributed by atoms with Crippen LogP contribution in [0.5, 0.6) is 0 Å². The minimum absolute atomic E-state index is 0.261. The minimum atomic E-state index is -0.276. The molecule has 2 aromatic rings. The van der Waals surface area contributed by atoms with Crippen molar-refractivity contribution in [3.05, 3.63) is 47.2 Å². The summed E-state index contributed by atoms with van der Waals surface area (Å²) in [7, 11) is 1.86. The van der Waals surface area contributed by atoms with Crippen molar-refractivity contribution in [1.82, 2.24) is 10.3 Å². The monoisotopic (exact) mass is 259 g/mol. The van der Waals surface area contributed by atoms with Crippen LogP contribution in [0.3, 0.4) is 0 Å². The van der Waals surface area contributed by atoms with Crippen LogP contribution in [0.1, 0.15) is 27.7 Å². The third kappa shape index (κ3) is 3.00. The van der Waals surface area contributed by atoms with E-state index in [1.165, 1.54) is 0 Å². The summed E-state index contributed by atoms with van der Waals surface area (Å²) in [6.07, 6.45) is 0. The number of nitrogens with zero attached hydrogens (tertiary/aromatic N) is 1. The van der Waals surface area contributed by atoms with Gasteiger partial charge in [-0.1, -0.05) is 18.2 Å². The van der Waals surface area contributed by atoms with Crippen LogP contribution in [0.4, 0.5) is 5.69 Å². The Kier molecular flexibility index (Phi) is 3.97. The molecule has 0 aliphatic rings. The highest BCUT2D eigenvalue weighted by Crippen LogP contribution is 2.17. The zero-order chi connectivity index (χ0) is 13.8. The molecule has 0 bridgehead atoms. The molecule has 5 nitrogen and oxygen atoms in total. The normalized spacial score (nSPS) is 10.5. The van der Waals surface area contributed by atoms with Crippen LogP contribution in [-0.4, -0.2) is 17.9 Å². The predicted octanol–water partition coefficient (Wildman–Crippen LogP) is 2.26. The van der Waals surface area contributed by atoms with Crippen LogP contribution in [0.2, 0.25) is 0 Å². The van der Waals surface area contributed by atoms with Gasteiger partial charge in [-0.25, -0.2) is 4.98 Å². The summed E-state index contributed by atoms with van der Waals surface area (Å²) < 4.78 is 5.31. The second-order valence-electron chi connectivity index (χ2n) is 4.29. The van der Waals surface area contributed by atoms with Gasteiger partial charge in [-0.15, -0.1) is 0 Å².